The summed E-state index contributed by atoms with van der Waals surface area (Å²) in [6, 6.07) is 4.17. The van der Waals surface area contributed by atoms with Gasteiger partial charge in [0, 0.05) is 31.2 Å². The number of nitrogens with two attached hydrogens (primary N) is 1. The van der Waals surface area contributed by atoms with Gasteiger partial charge in [-0.05, 0) is 60.7 Å². The van der Waals surface area contributed by atoms with Crippen molar-refractivity contribution in [3.05, 3.63) is 64.0 Å². The predicted octanol–water partition coefficient (Wildman–Crippen LogP) is 3.06. The summed E-state index contributed by atoms with van der Waals surface area (Å²) in [5, 5.41) is 10.6. The molecule has 0 amide bonds. The Morgan fingerprint density at radius 3 is 3.10 bits per heavy atom. The smallest absolute Gasteiger partial charge is 0.231 e. The number of anilines is 1. The van der Waals surface area contributed by atoms with Crippen LogP contribution >= 0.6 is 11.3 Å². The highest BCUT2D eigenvalue weighted by Gasteiger charge is 2.27. The standard InChI is InChI=1S/C21H25N5O3S2/c1-14-4-5-26(9-14)10-16-7-19(30-12-16)20(27)18-8-23-13-24-21(18)25-17-3-2-15(6-17)11-29-31(22)28/h4-5,7-9,12-13,15,17H,2-3,6,10-11,22H2,1H3,(H,23,24,25). The molecule has 0 aliphatic heterocycles. The fraction of sp³-hybridized carbons (Fsp3) is 0.381. The van der Waals surface area contributed by atoms with Gasteiger partial charge in [-0.1, -0.05) is 0 Å². The molecule has 0 aromatic carbocycles. The maximum absolute atomic E-state index is 13.2. The summed E-state index contributed by atoms with van der Waals surface area (Å²) >= 11 is -0.302. The van der Waals surface area contributed by atoms with E-state index in [1.54, 1.807) is 6.20 Å². The number of aryl methyl sites for hydroxylation is 1. The van der Waals surface area contributed by atoms with E-state index in [-0.39, 0.29) is 17.7 Å². The Kier molecular flexibility index (Phi) is 6.91. The Hall–Kier alpha value is -2.40. The molecule has 3 heterocycles. The molecule has 1 aliphatic carbocycles. The summed E-state index contributed by atoms with van der Waals surface area (Å²) in [5.74, 6) is 0.743. The molecule has 164 valence electrons. The molecule has 0 bridgehead atoms. The van der Waals surface area contributed by atoms with Crippen molar-refractivity contribution in [1.82, 2.24) is 14.5 Å². The van der Waals surface area contributed by atoms with E-state index >= 15 is 0 Å². The molecule has 3 aromatic rings. The Balaban J connectivity index is 1.42. The van der Waals surface area contributed by atoms with E-state index in [1.807, 2.05) is 17.6 Å². The van der Waals surface area contributed by atoms with Gasteiger partial charge in [-0.25, -0.2) is 19.3 Å². The third-order valence-electron chi connectivity index (χ3n) is 5.40. The van der Waals surface area contributed by atoms with Crippen LogP contribution in [-0.4, -0.2) is 37.2 Å². The van der Waals surface area contributed by atoms with E-state index in [4.69, 9.17) is 9.32 Å². The number of ketones is 1. The average Bonchev–Trinajstić information content (AvgIpc) is 3.49. The second-order valence-electron chi connectivity index (χ2n) is 7.86. The number of aromatic nitrogens is 3. The minimum Gasteiger partial charge on any atom is -0.367 e. The van der Waals surface area contributed by atoms with E-state index in [9.17, 15) is 9.00 Å². The van der Waals surface area contributed by atoms with Crippen molar-refractivity contribution in [3.8, 4) is 0 Å². The summed E-state index contributed by atoms with van der Waals surface area (Å²) in [6.07, 6.45) is 9.83. The van der Waals surface area contributed by atoms with Crippen LogP contribution in [0.25, 0.3) is 0 Å². The van der Waals surface area contributed by atoms with Gasteiger partial charge in [0.25, 0.3) is 0 Å². The molecule has 31 heavy (non-hydrogen) atoms. The minimum absolute atomic E-state index is 0.0838. The van der Waals surface area contributed by atoms with Crippen LogP contribution in [0.5, 0.6) is 0 Å². The lowest BCUT2D eigenvalue weighted by Gasteiger charge is -2.15. The first-order chi connectivity index (χ1) is 15.0. The fourth-order valence-corrected chi connectivity index (χ4v) is 5.09. The molecule has 10 heteroatoms. The first-order valence-electron chi connectivity index (χ1n) is 10.1. The largest absolute Gasteiger partial charge is 0.367 e. The van der Waals surface area contributed by atoms with Gasteiger partial charge in [0.05, 0.1) is 17.0 Å². The third-order valence-corrected chi connectivity index (χ3v) is 6.75. The van der Waals surface area contributed by atoms with E-state index in [2.05, 4.69) is 39.0 Å². The molecule has 0 saturated heterocycles. The summed E-state index contributed by atoms with van der Waals surface area (Å²) in [6.45, 7) is 3.16. The second kappa shape index (κ2) is 9.82. The summed E-state index contributed by atoms with van der Waals surface area (Å²) in [4.78, 5) is 22.2. The zero-order valence-electron chi connectivity index (χ0n) is 17.2. The molecule has 8 nitrogen and oxygen atoms in total. The minimum atomic E-state index is -1.74. The molecule has 3 aromatic heterocycles. The topological polar surface area (TPSA) is 112 Å². The van der Waals surface area contributed by atoms with Gasteiger partial charge >= 0.3 is 0 Å². The van der Waals surface area contributed by atoms with E-state index in [0.717, 1.165) is 31.4 Å². The first-order valence-corrected chi connectivity index (χ1v) is 12.1. The van der Waals surface area contributed by atoms with Crippen LogP contribution in [0.15, 0.2) is 42.4 Å². The van der Waals surface area contributed by atoms with E-state index in [1.165, 1.54) is 23.2 Å². The van der Waals surface area contributed by atoms with Crippen LogP contribution in [0.1, 0.15) is 45.6 Å². The Labute approximate surface area is 187 Å². The maximum Gasteiger partial charge on any atom is 0.231 e. The Morgan fingerprint density at radius 1 is 1.45 bits per heavy atom. The number of rotatable bonds is 9. The molecule has 4 rings (SSSR count). The van der Waals surface area contributed by atoms with E-state index < -0.39 is 11.3 Å². The highest BCUT2D eigenvalue weighted by Crippen LogP contribution is 2.30. The zero-order chi connectivity index (χ0) is 21.8. The molecular formula is C21H25N5O3S2. The highest BCUT2D eigenvalue weighted by atomic mass is 32.2. The predicted molar refractivity (Wildman–Crippen MR) is 121 cm³/mol. The van der Waals surface area contributed by atoms with Gasteiger partial charge < -0.3 is 9.88 Å². The summed E-state index contributed by atoms with van der Waals surface area (Å²) < 4.78 is 18.1. The third kappa shape index (κ3) is 5.65. The van der Waals surface area contributed by atoms with Crippen LogP contribution in [0, 0.1) is 12.8 Å². The SMILES string of the molecule is Cc1ccn(Cc2csc(C(=O)c3cncnc3NC3CCC(COS(N)=O)C3)c2)c1. The second-order valence-corrected chi connectivity index (χ2v) is 9.53. The van der Waals surface area contributed by atoms with Crippen molar-refractivity contribution in [2.45, 2.75) is 38.8 Å². The molecule has 3 unspecified atom stereocenters. The van der Waals surface area contributed by atoms with Crippen molar-refractivity contribution >= 4 is 34.2 Å². The van der Waals surface area contributed by atoms with Crippen molar-refractivity contribution in [2.24, 2.45) is 11.1 Å². The maximum atomic E-state index is 13.2. The lowest BCUT2D eigenvalue weighted by Crippen LogP contribution is -2.20. The number of nitrogens with zero attached hydrogens (tertiary/aromatic N) is 3. The normalized spacial score (nSPS) is 19.4. The van der Waals surface area contributed by atoms with Crippen LogP contribution in [0.2, 0.25) is 0 Å². The van der Waals surface area contributed by atoms with Gasteiger partial charge in [-0.2, -0.15) is 0 Å². The molecular weight excluding hydrogens is 434 g/mol. The lowest BCUT2D eigenvalue weighted by molar-refractivity contribution is 0.104. The number of carbonyl (C=O) groups is 1. The number of carbonyl (C=O) groups excluding carboxylic acids is 1. The van der Waals surface area contributed by atoms with Gasteiger partial charge in [0.2, 0.25) is 17.0 Å². The monoisotopic (exact) mass is 459 g/mol. The van der Waals surface area contributed by atoms with Crippen molar-refractivity contribution in [3.63, 3.8) is 0 Å². The quantitative estimate of drug-likeness (QED) is 0.476. The van der Waals surface area contributed by atoms with Crippen LogP contribution < -0.4 is 10.5 Å². The first kappa shape index (κ1) is 21.8. The fourth-order valence-electron chi connectivity index (χ4n) is 3.91. The summed E-state index contributed by atoms with van der Waals surface area (Å²) in [5.41, 5.74) is 2.77. The van der Waals surface area contributed by atoms with Crippen molar-refractivity contribution < 1.29 is 13.2 Å². The van der Waals surface area contributed by atoms with Crippen molar-refractivity contribution in [1.29, 1.82) is 0 Å². The number of nitrogens with one attached hydrogen (secondary N) is 1. The molecule has 0 spiro atoms. The van der Waals surface area contributed by atoms with Crippen LogP contribution in [0.4, 0.5) is 5.82 Å². The molecule has 0 radical (unpaired) electrons. The van der Waals surface area contributed by atoms with Gasteiger partial charge in [-0.3, -0.25) is 8.98 Å². The Morgan fingerprint density at radius 2 is 2.32 bits per heavy atom. The average molecular weight is 460 g/mol. The zero-order valence-corrected chi connectivity index (χ0v) is 18.8. The van der Waals surface area contributed by atoms with Gasteiger partial charge in [0.1, 0.15) is 12.1 Å². The molecule has 3 atom stereocenters. The molecule has 1 aliphatic rings. The molecule has 1 saturated carbocycles. The summed E-state index contributed by atoms with van der Waals surface area (Å²) in [7, 11) is 0. The highest BCUT2D eigenvalue weighted by molar-refractivity contribution is 7.77. The molecule has 3 N–H and O–H groups in total. The Bertz CT molecular complexity index is 1080. The molecule has 1 fully saturated rings. The number of thiophene rings is 1. The van der Waals surface area contributed by atoms with Crippen LogP contribution in [0.3, 0.4) is 0 Å². The van der Waals surface area contributed by atoms with Crippen molar-refractivity contribution in [2.75, 3.05) is 11.9 Å². The van der Waals surface area contributed by atoms with Gasteiger partial charge in [0.15, 0.2) is 0 Å². The van der Waals surface area contributed by atoms with Gasteiger partial charge in [-0.15, -0.1) is 11.3 Å². The van der Waals surface area contributed by atoms with E-state index in [0.29, 0.717) is 22.9 Å². The van der Waals surface area contributed by atoms with Crippen LogP contribution in [-0.2, 0) is 22.0 Å². The number of hydrogen-bond acceptors (Lipinski definition) is 7. The number of hydrogen-bond donors (Lipinski definition) is 2. The lowest BCUT2D eigenvalue weighted by atomic mass is 10.1.